The van der Waals surface area contributed by atoms with Crippen molar-refractivity contribution < 1.29 is 17.7 Å². The lowest BCUT2D eigenvalue weighted by Gasteiger charge is -2.24. The summed E-state index contributed by atoms with van der Waals surface area (Å²) in [4.78, 5) is 1.55. The zero-order valence-corrected chi connectivity index (χ0v) is 8.60. The van der Waals surface area contributed by atoms with Crippen LogP contribution >= 0.6 is 0 Å². The average molecular weight is 210 g/mol. The number of ether oxygens (including phenoxy) is 1. The third kappa shape index (κ3) is 6.04. The van der Waals surface area contributed by atoms with Crippen LogP contribution in [0.2, 0.25) is 0 Å². The molecule has 0 aromatic heterocycles. The summed E-state index contributed by atoms with van der Waals surface area (Å²) < 4.78 is 41.3. The molecule has 0 bridgehead atoms. The number of likely N-dealkylation sites (N-methyl/N-ethyl adjacent to an activating group) is 1. The Morgan fingerprint density at radius 1 is 1.43 bits per heavy atom. The maximum Gasteiger partial charge on any atom is 0.506 e. The topological polar surface area (TPSA) is 12.5 Å². The molecule has 0 aromatic rings. The Balaban J connectivity index is 3.72. The standard InChI is InChI=1S/C8H16BF3NO/c1-4-14-6-5-13(3)7-8(2)9(10,11)12/h2,4-7H2,1,3H3/q-1. The summed E-state index contributed by atoms with van der Waals surface area (Å²) in [6.07, 6.45) is 0. The summed E-state index contributed by atoms with van der Waals surface area (Å²) in [5.74, 6) is 0. The maximum absolute atomic E-state index is 12.1. The van der Waals surface area contributed by atoms with Crippen molar-refractivity contribution in [2.75, 3.05) is 33.4 Å². The average Bonchev–Trinajstić information content (AvgIpc) is 2.03. The second-order valence-electron chi connectivity index (χ2n) is 3.17. The van der Waals surface area contributed by atoms with Crippen LogP contribution < -0.4 is 0 Å². The van der Waals surface area contributed by atoms with Crippen LogP contribution in [0.3, 0.4) is 0 Å². The first-order valence-electron chi connectivity index (χ1n) is 4.51. The van der Waals surface area contributed by atoms with Crippen molar-refractivity contribution in [3.05, 3.63) is 12.1 Å². The van der Waals surface area contributed by atoms with Crippen LogP contribution in [0.25, 0.3) is 0 Å². The van der Waals surface area contributed by atoms with Crippen molar-refractivity contribution in [1.82, 2.24) is 4.90 Å². The molecule has 0 spiro atoms. The molecule has 0 aliphatic heterocycles. The first-order chi connectivity index (χ1) is 6.38. The highest BCUT2D eigenvalue weighted by Crippen LogP contribution is 2.18. The minimum atomic E-state index is -4.90. The fraction of sp³-hybridized carbons (Fsp3) is 0.750. The van der Waals surface area contributed by atoms with Crippen LogP contribution in [0, 0.1) is 0 Å². The van der Waals surface area contributed by atoms with E-state index in [4.69, 9.17) is 4.74 Å². The number of nitrogens with zero attached hydrogens (tertiary/aromatic N) is 1. The van der Waals surface area contributed by atoms with Crippen molar-refractivity contribution in [1.29, 1.82) is 0 Å². The molecule has 0 fully saturated rings. The highest BCUT2D eigenvalue weighted by atomic mass is 19.4. The molecule has 0 aliphatic rings. The van der Waals surface area contributed by atoms with Crippen LogP contribution in [0.5, 0.6) is 0 Å². The molecule has 0 N–H and O–H groups in total. The Kier molecular flexibility index (Phi) is 5.87. The molecule has 0 amide bonds. The van der Waals surface area contributed by atoms with Gasteiger partial charge >= 0.3 is 6.98 Å². The number of hydrogen-bond acceptors (Lipinski definition) is 2. The molecule has 0 heterocycles. The molecule has 84 valence electrons. The zero-order valence-electron chi connectivity index (χ0n) is 8.60. The van der Waals surface area contributed by atoms with Gasteiger partial charge in [-0.25, -0.2) is 0 Å². The summed E-state index contributed by atoms with van der Waals surface area (Å²) in [5, 5.41) is 0. The second-order valence-corrected chi connectivity index (χ2v) is 3.17. The first-order valence-corrected chi connectivity index (χ1v) is 4.51. The van der Waals surface area contributed by atoms with E-state index in [1.165, 1.54) is 0 Å². The van der Waals surface area contributed by atoms with Crippen LogP contribution in [-0.4, -0.2) is 45.2 Å². The largest absolute Gasteiger partial charge is 0.506 e. The Morgan fingerprint density at radius 3 is 2.43 bits per heavy atom. The molecular formula is C8H16BF3NO-. The second kappa shape index (κ2) is 6.08. The van der Waals surface area contributed by atoms with Gasteiger partial charge in [-0.05, 0) is 20.5 Å². The van der Waals surface area contributed by atoms with Gasteiger partial charge in [0.15, 0.2) is 0 Å². The van der Waals surface area contributed by atoms with E-state index in [2.05, 4.69) is 6.58 Å². The maximum atomic E-state index is 12.1. The van der Waals surface area contributed by atoms with Crippen LogP contribution in [-0.2, 0) is 4.74 Å². The fourth-order valence-electron chi connectivity index (χ4n) is 0.894. The van der Waals surface area contributed by atoms with Gasteiger partial charge in [0.25, 0.3) is 0 Å². The Bertz CT molecular complexity index is 184. The predicted molar refractivity (Wildman–Crippen MR) is 52.2 cm³/mol. The molecule has 0 rings (SSSR count). The summed E-state index contributed by atoms with van der Waals surface area (Å²) in [6, 6.07) is 0. The Labute approximate surface area is 82.8 Å². The van der Waals surface area contributed by atoms with Gasteiger partial charge in [-0.2, -0.15) is 0 Å². The van der Waals surface area contributed by atoms with E-state index in [1.807, 2.05) is 6.92 Å². The molecule has 0 unspecified atom stereocenters. The van der Waals surface area contributed by atoms with Crippen molar-refractivity contribution in [3.8, 4) is 0 Å². The third-order valence-electron chi connectivity index (χ3n) is 1.76. The summed E-state index contributed by atoms with van der Waals surface area (Å²) in [6.45, 7) is 1.33. The molecule has 0 atom stereocenters. The zero-order chi connectivity index (χ0) is 11.2. The molecular weight excluding hydrogens is 194 g/mol. The smallest absolute Gasteiger partial charge is 0.445 e. The van der Waals surface area contributed by atoms with Gasteiger partial charge in [0.1, 0.15) is 0 Å². The SMILES string of the molecule is C=C(CN(C)CCOCC)[B-](F)(F)F. The minimum Gasteiger partial charge on any atom is -0.445 e. The number of halogens is 3. The van der Waals surface area contributed by atoms with E-state index in [1.54, 1.807) is 11.9 Å². The fourth-order valence-corrected chi connectivity index (χ4v) is 0.894. The highest BCUT2D eigenvalue weighted by molar-refractivity contribution is 6.66. The van der Waals surface area contributed by atoms with Gasteiger partial charge in [-0.15, -0.1) is 12.1 Å². The van der Waals surface area contributed by atoms with Crippen LogP contribution in [0.1, 0.15) is 6.92 Å². The minimum absolute atomic E-state index is 0.142. The Hall–Kier alpha value is -0.485. The van der Waals surface area contributed by atoms with E-state index >= 15 is 0 Å². The first kappa shape index (κ1) is 13.5. The normalized spacial score (nSPS) is 12.1. The van der Waals surface area contributed by atoms with Gasteiger partial charge in [-0.3, -0.25) is 0 Å². The number of rotatable bonds is 7. The van der Waals surface area contributed by atoms with E-state index in [0.717, 1.165) is 0 Å². The molecule has 6 heteroatoms. The van der Waals surface area contributed by atoms with Gasteiger partial charge in [0.05, 0.1) is 6.61 Å². The van der Waals surface area contributed by atoms with E-state index < -0.39 is 12.4 Å². The lowest BCUT2D eigenvalue weighted by molar-refractivity contribution is 0.125. The molecule has 0 radical (unpaired) electrons. The predicted octanol–water partition coefficient (Wildman–Crippen LogP) is 1.90. The van der Waals surface area contributed by atoms with Crippen molar-refractivity contribution >= 4 is 6.98 Å². The molecule has 0 saturated heterocycles. The Morgan fingerprint density at radius 2 is 2.00 bits per heavy atom. The molecule has 2 nitrogen and oxygen atoms in total. The summed E-state index contributed by atoms with van der Waals surface area (Å²) >= 11 is 0. The van der Waals surface area contributed by atoms with E-state index in [9.17, 15) is 12.9 Å². The molecule has 0 aliphatic carbocycles. The summed E-state index contributed by atoms with van der Waals surface area (Å²) in [5.41, 5.74) is -0.663. The third-order valence-corrected chi connectivity index (χ3v) is 1.76. The van der Waals surface area contributed by atoms with Crippen molar-refractivity contribution in [3.63, 3.8) is 0 Å². The van der Waals surface area contributed by atoms with Gasteiger partial charge in [0, 0.05) is 13.2 Å². The van der Waals surface area contributed by atoms with E-state index in [-0.39, 0.29) is 6.54 Å². The van der Waals surface area contributed by atoms with Crippen molar-refractivity contribution in [2.24, 2.45) is 0 Å². The van der Waals surface area contributed by atoms with Gasteiger partial charge < -0.3 is 22.6 Å². The molecule has 0 aromatic carbocycles. The van der Waals surface area contributed by atoms with Gasteiger partial charge in [0.2, 0.25) is 0 Å². The van der Waals surface area contributed by atoms with E-state index in [0.29, 0.717) is 19.8 Å². The van der Waals surface area contributed by atoms with Gasteiger partial charge in [-0.1, -0.05) is 0 Å². The molecule has 14 heavy (non-hydrogen) atoms. The van der Waals surface area contributed by atoms with Crippen molar-refractivity contribution in [2.45, 2.75) is 6.92 Å². The van der Waals surface area contributed by atoms with Crippen LogP contribution in [0.15, 0.2) is 12.1 Å². The summed E-state index contributed by atoms with van der Waals surface area (Å²) in [7, 11) is 1.62. The number of hydrogen-bond donors (Lipinski definition) is 0. The lowest BCUT2D eigenvalue weighted by atomic mass is 9.80. The monoisotopic (exact) mass is 210 g/mol. The van der Waals surface area contributed by atoms with Crippen LogP contribution in [0.4, 0.5) is 12.9 Å². The highest BCUT2D eigenvalue weighted by Gasteiger charge is 2.26. The molecule has 0 saturated carbocycles. The quantitative estimate of drug-likeness (QED) is 0.470. The lowest BCUT2D eigenvalue weighted by Crippen LogP contribution is -2.32.